The summed E-state index contributed by atoms with van der Waals surface area (Å²) in [7, 11) is 1.57. The molecule has 0 aliphatic heterocycles. The van der Waals surface area contributed by atoms with Crippen molar-refractivity contribution in [1.82, 2.24) is 0 Å². The monoisotopic (exact) mass is 289 g/mol. The van der Waals surface area contributed by atoms with Crippen LogP contribution in [0.15, 0.2) is 27.7 Å². The molecular weight excluding hydrogens is 281 g/mol. The molecule has 0 saturated carbocycles. The van der Waals surface area contributed by atoms with Crippen LogP contribution in [0.5, 0.6) is 5.75 Å². The van der Waals surface area contributed by atoms with Gasteiger partial charge in [-0.1, -0.05) is 0 Å². The summed E-state index contributed by atoms with van der Waals surface area (Å²) in [4.78, 5) is 14.3. The second kappa shape index (κ2) is 5.88. The van der Waals surface area contributed by atoms with Crippen molar-refractivity contribution < 1.29 is 9.53 Å². The SMILES string of the molecule is COc1cc(N=CC(Cl)C=O)ccc1Br. The van der Waals surface area contributed by atoms with E-state index in [2.05, 4.69) is 20.9 Å². The first-order valence-electron chi connectivity index (χ1n) is 4.14. The molecule has 15 heavy (non-hydrogen) atoms. The van der Waals surface area contributed by atoms with Crippen molar-refractivity contribution in [3.8, 4) is 5.75 Å². The zero-order valence-corrected chi connectivity index (χ0v) is 10.3. The molecule has 1 aromatic carbocycles. The predicted octanol–water partition coefficient (Wildman–Crippen LogP) is 2.97. The van der Waals surface area contributed by atoms with Crippen LogP contribution in [-0.2, 0) is 4.79 Å². The molecule has 0 bridgehead atoms. The number of aldehydes is 1. The van der Waals surface area contributed by atoms with E-state index in [0.717, 1.165) is 4.47 Å². The molecule has 0 radical (unpaired) electrons. The van der Waals surface area contributed by atoms with Gasteiger partial charge in [0.1, 0.15) is 17.4 Å². The lowest BCUT2D eigenvalue weighted by molar-refractivity contribution is -0.106. The van der Waals surface area contributed by atoms with Crippen LogP contribution in [0.4, 0.5) is 5.69 Å². The Bertz CT molecular complexity index is 382. The van der Waals surface area contributed by atoms with Crippen LogP contribution in [0, 0.1) is 0 Å². The molecule has 0 aliphatic rings. The summed E-state index contributed by atoms with van der Waals surface area (Å²) in [6.07, 6.45) is 1.98. The van der Waals surface area contributed by atoms with Crippen LogP contribution in [0.2, 0.25) is 0 Å². The van der Waals surface area contributed by atoms with E-state index >= 15 is 0 Å². The quantitative estimate of drug-likeness (QED) is 0.486. The number of halogens is 2. The van der Waals surface area contributed by atoms with Crippen LogP contribution >= 0.6 is 27.5 Å². The van der Waals surface area contributed by atoms with Crippen molar-refractivity contribution in [2.24, 2.45) is 4.99 Å². The summed E-state index contributed by atoms with van der Waals surface area (Å²) in [6, 6.07) is 5.35. The summed E-state index contributed by atoms with van der Waals surface area (Å²) in [5, 5.41) is -0.695. The van der Waals surface area contributed by atoms with Gasteiger partial charge in [-0.15, -0.1) is 11.6 Å². The number of aliphatic imine (C=N–C) groups is 1. The molecule has 0 spiro atoms. The lowest BCUT2D eigenvalue weighted by Gasteiger charge is -2.03. The lowest BCUT2D eigenvalue weighted by Crippen LogP contribution is -1.99. The molecule has 3 nitrogen and oxygen atoms in total. The first kappa shape index (κ1) is 12.2. The van der Waals surface area contributed by atoms with Crippen molar-refractivity contribution in [3.63, 3.8) is 0 Å². The molecule has 1 rings (SSSR count). The van der Waals surface area contributed by atoms with E-state index < -0.39 is 5.38 Å². The van der Waals surface area contributed by atoms with Gasteiger partial charge in [-0.2, -0.15) is 0 Å². The highest BCUT2D eigenvalue weighted by atomic mass is 79.9. The van der Waals surface area contributed by atoms with Gasteiger partial charge in [-0.3, -0.25) is 4.99 Å². The van der Waals surface area contributed by atoms with Crippen LogP contribution in [0.3, 0.4) is 0 Å². The van der Waals surface area contributed by atoms with Crippen molar-refractivity contribution in [3.05, 3.63) is 22.7 Å². The van der Waals surface area contributed by atoms with Crippen LogP contribution in [0.1, 0.15) is 0 Å². The number of carbonyl (C=O) groups is 1. The van der Waals surface area contributed by atoms with E-state index in [1.165, 1.54) is 6.21 Å². The Labute approximate surface area is 101 Å². The summed E-state index contributed by atoms with van der Waals surface area (Å²) >= 11 is 8.89. The van der Waals surface area contributed by atoms with E-state index in [-0.39, 0.29) is 0 Å². The maximum atomic E-state index is 10.2. The second-order valence-electron chi connectivity index (χ2n) is 2.68. The van der Waals surface area contributed by atoms with Gasteiger partial charge in [-0.05, 0) is 28.1 Å². The molecule has 0 fully saturated rings. The summed E-state index contributed by atoms with van der Waals surface area (Å²) in [6.45, 7) is 0. The van der Waals surface area contributed by atoms with E-state index in [1.807, 2.05) is 6.07 Å². The van der Waals surface area contributed by atoms with E-state index in [1.54, 1.807) is 19.2 Å². The molecule has 5 heteroatoms. The Morgan fingerprint density at radius 2 is 2.33 bits per heavy atom. The molecule has 0 N–H and O–H groups in total. The number of hydrogen-bond acceptors (Lipinski definition) is 3. The van der Waals surface area contributed by atoms with Gasteiger partial charge in [0.2, 0.25) is 0 Å². The highest BCUT2D eigenvalue weighted by Crippen LogP contribution is 2.28. The Morgan fingerprint density at radius 1 is 1.60 bits per heavy atom. The summed E-state index contributed by atoms with van der Waals surface area (Å²) < 4.78 is 5.94. The Balaban J connectivity index is 2.87. The van der Waals surface area contributed by atoms with Crippen molar-refractivity contribution >= 4 is 45.7 Å². The molecule has 1 aromatic rings. The van der Waals surface area contributed by atoms with Crippen LogP contribution in [-0.4, -0.2) is 25.0 Å². The maximum absolute atomic E-state index is 10.2. The zero-order valence-electron chi connectivity index (χ0n) is 7.98. The van der Waals surface area contributed by atoms with Gasteiger partial charge in [0.25, 0.3) is 0 Å². The topological polar surface area (TPSA) is 38.7 Å². The second-order valence-corrected chi connectivity index (χ2v) is 4.04. The van der Waals surface area contributed by atoms with E-state index in [4.69, 9.17) is 16.3 Å². The van der Waals surface area contributed by atoms with Gasteiger partial charge in [0.15, 0.2) is 0 Å². The molecule has 0 aromatic heterocycles. The number of benzene rings is 1. The van der Waals surface area contributed by atoms with Gasteiger partial charge < -0.3 is 9.53 Å². The first-order chi connectivity index (χ1) is 7.17. The fraction of sp³-hybridized carbons (Fsp3) is 0.200. The molecular formula is C10H9BrClNO2. The minimum atomic E-state index is -0.695. The van der Waals surface area contributed by atoms with Crippen LogP contribution < -0.4 is 4.74 Å². The summed E-state index contributed by atoms with van der Waals surface area (Å²) in [5.41, 5.74) is 0.683. The smallest absolute Gasteiger partial charge is 0.143 e. The number of methoxy groups -OCH3 is 1. The number of alkyl halides is 1. The first-order valence-corrected chi connectivity index (χ1v) is 5.37. The number of carbonyl (C=O) groups excluding carboxylic acids is 1. The highest BCUT2D eigenvalue weighted by Gasteiger charge is 2.01. The average Bonchev–Trinajstić information content (AvgIpc) is 2.27. The van der Waals surface area contributed by atoms with Crippen molar-refractivity contribution in [1.29, 1.82) is 0 Å². The molecule has 0 saturated heterocycles. The summed E-state index contributed by atoms with van der Waals surface area (Å²) in [5.74, 6) is 0.682. The normalized spacial score (nSPS) is 12.7. The predicted molar refractivity (Wildman–Crippen MR) is 64.6 cm³/mol. The molecule has 80 valence electrons. The Hall–Kier alpha value is -0.870. The van der Waals surface area contributed by atoms with E-state index in [9.17, 15) is 4.79 Å². The minimum Gasteiger partial charge on any atom is -0.495 e. The zero-order chi connectivity index (χ0) is 11.3. The number of ether oxygens (including phenoxy) is 1. The highest BCUT2D eigenvalue weighted by molar-refractivity contribution is 9.10. The molecule has 1 unspecified atom stereocenters. The maximum Gasteiger partial charge on any atom is 0.143 e. The fourth-order valence-electron chi connectivity index (χ4n) is 0.921. The van der Waals surface area contributed by atoms with Crippen LogP contribution in [0.25, 0.3) is 0 Å². The Morgan fingerprint density at radius 3 is 2.93 bits per heavy atom. The number of nitrogens with zero attached hydrogens (tertiary/aromatic N) is 1. The third-order valence-electron chi connectivity index (χ3n) is 1.63. The fourth-order valence-corrected chi connectivity index (χ4v) is 1.39. The third kappa shape index (κ3) is 3.64. The van der Waals surface area contributed by atoms with Gasteiger partial charge in [-0.25, -0.2) is 0 Å². The lowest BCUT2D eigenvalue weighted by atomic mass is 10.3. The third-order valence-corrected chi connectivity index (χ3v) is 2.50. The molecule has 0 amide bonds. The largest absolute Gasteiger partial charge is 0.495 e. The minimum absolute atomic E-state index is 0.612. The van der Waals surface area contributed by atoms with Gasteiger partial charge >= 0.3 is 0 Å². The van der Waals surface area contributed by atoms with Crippen molar-refractivity contribution in [2.45, 2.75) is 5.38 Å². The van der Waals surface area contributed by atoms with Crippen molar-refractivity contribution in [2.75, 3.05) is 7.11 Å². The van der Waals surface area contributed by atoms with E-state index in [0.29, 0.717) is 17.7 Å². The molecule has 0 aliphatic carbocycles. The molecule has 1 atom stereocenters. The average molecular weight is 291 g/mol. The standard InChI is InChI=1S/C10H9BrClNO2/c1-15-10-4-8(2-3-9(10)11)13-5-7(12)6-14/h2-7H,1H3. The molecule has 0 heterocycles. The van der Waals surface area contributed by atoms with Gasteiger partial charge in [0.05, 0.1) is 17.3 Å². The van der Waals surface area contributed by atoms with Gasteiger partial charge in [0, 0.05) is 12.3 Å². The Kier molecular flexibility index (Phi) is 4.78. The number of rotatable bonds is 4. The number of hydrogen-bond donors (Lipinski definition) is 0.